The van der Waals surface area contributed by atoms with E-state index < -0.39 is 15.7 Å². The monoisotopic (exact) mass is 213 g/mol. The van der Waals surface area contributed by atoms with Gasteiger partial charge in [-0.1, -0.05) is 18.2 Å². The number of carbonyl (C=O) groups is 1. The summed E-state index contributed by atoms with van der Waals surface area (Å²) in [7, 11) is -3.14. The second kappa shape index (κ2) is 3.79. The molecule has 0 fully saturated rings. The van der Waals surface area contributed by atoms with Crippen LogP contribution in [0, 0.1) is 0 Å². The molecule has 0 saturated carbocycles. The van der Waals surface area contributed by atoms with Crippen molar-refractivity contribution in [3.8, 4) is 0 Å². The summed E-state index contributed by atoms with van der Waals surface area (Å²) in [5, 5.41) is 0. The van der Waals surface area contributed by atoms with Gasteiger partial charge in [-0.3, -0.25) is 4.79 Å². The molecule has 0 aliphatic heterocycles. The van der Waals surface area contributed by atoms with Crippen LogP contribution in [0.3, 0.4) is 0 Å². The number of hydrogen-bond acceptors (Lipinski definition) is 3. The summed E-state index contributed by atoms with van der Waals surface area (Å²) in [5.74, 6) is -0.768. The van der Waals surface area contributed by atoms with E-state index in [0.717, 1.165) is 6.26 Å². The molecule has 5 heteroatoms. The molecule has 1 aromatic carbocycles. The highest BCUT2D eigenvalue weighted by Gasteiger charge is 2.11. The maximum Gasteiger partial charge on any atom is 0.249 e. The van der Waals surface area contributed by atoms with Gasteiger partial charge in [-0.25, -0.2) is 8.42 Å². The van der Waals surface area contributed by atoms with E-state index in [1.54, 1.807) is 18.2 Å². The van der Waals surface area contributed by atoms with Crippen LogP contribution in [-0.4, -0.2) is 20.6 Å². The number of hydrogen-bond donors (Lipinski definition) is 1. The molecule has 1 rings (SSSR count). The molecule has 1 aromatic rings. The molecule has 0 atom stereocenters. The average molecular weight is 213 g/mol. The Morgan fingerprint density at radius 1 is 1.36 bits per heavy atom. The molecular weight excluding hydrogens is 202 g/mol. The van der Waals surface area contributed by atoms with Crippen LogP contribution in [0.4, 0.5) is 0 Å². The van der Waals surface area contributed by atoms with E-state index >= 15 is 0 Å². The Bertz CT molecular complexity index is 451. The smallest absolute Gasteiger partial charge is 0.249 e. The lowest BCUT2D eigenvalue weighted by molar-refractivity contribution is 0.0999. The molecule has 0 spiro atoms. The van der Waals surface area contributed by atoms with Gasteiger partial charge in [-0.2, -0.15) is 0 Å². The van der Waals surface area contributed by atoms with Crippen molar-refractivity contribution in [1.29, 1.82) is 0 Å². The fourth-order valence-electron chi connectivity index (χ4n) is 1.17. The first-order chi connectivity index (χ1) is 6.40. The summed E-state index contributed by atoms with van der Waals surface area (Å²) in [6.45, 7) is 0. The Balaban J connectivity index is 3.15. The molecule has 0 heterocycles. The third kappa shape index (κ3) is 2.85. The van der Waals surface area contributed by atoms with Crippen molar-refractivity contribution in [2.24, 2.45) is 5.73 Å². The van der Waals surface area contributed by atoms with Crippen LogP contribution in [-0.2, 0) is 15.6 Å². The fourth-order valence-corrected chi connectivity index (χ4v) is 1.99. The Morgan fingerprint density at radius 2 is 1.93 bits per heavy atom. The van der Waals surface area contributed by atoms with E-state index in [2.05, 4.69) is 0 Å². The largest absolute Gasteiger partial charge is 0.366 e. The van der Waals surface area contributed by atoms with Crippen LogP contribution in [0.25, 0.3) is 0 Å². The summed E-state index contributed by atoms with van der Waals surface area (Å²) < 4.78 is 22.0. The minimum Gasteiger partial charge on any atom is -0.366 e. The van der Waals surface area contributed by atoms with Crippen molar-refractivity contribution in [2.75, 3.05) is 6.26 Å². The number of primary amides is 1. The van der Waals surface area contributed by atoms with Crippen LogP contribution < -0.4 is 5.73 Å². The fraction of sp³-hybridized carbons (Fsp3) is 0.222. The summed E-state index contributed by atoms with van der Waals surface area (Å²) in [6, 6.07) is 6.42. The standard InChI is InChI=1S/C9H11NO3S/c1-14(12,13)6-7-4-2-3-5-8(7)9(10)11/h2-5H,6H2,1H3,(H2,10,11). The van der Waals surface area contributed by atoms with Gasteiger partial charge in [0.2, 0.25) is 5.91 Å². The molecule has 0 bridgehead atoms. The average Bonchev–Trinajstić information content (AvgIpc) is 2.01. The molecule has 0 aliphatic rings. The normalized spacial score (nSPS) is 11.2. The zero-order valence-corrected chi connectivity index (χ0v) is 8.54. The Kier molecular flexibility index (Phi) is 2.90. The molecule has 2 N–H and O–H groups in total. The van der Waals surface area contributed by atoms with E-state index in [4.69, 9.17) is 5.73 Å². The van der Waals surface area contributed by atoms with Crippen LogP contribution in [0.2, 0.25) is 0 Å². The van der Waals surface area contributed by atoms with Crippen LogP contribution in [0.15, 0.2) is 24.3 Å². The Morgan fingerprint density at radius 3 is 2.43 bits per heavy atom. The zero-order chi connectivity index (χ0) is 10.8. The van der Waals surface area contributed by atoms with Gasteiger partial charge in [-0.05, 0) is 11.6 Å². The van der Waals surface area contributed by atoms with Gasteiger partial charge in [-0.15, -0.1) is 0 Å². The summed E-state index contributed by atoms with van der Waals surface area (Å²) >= 11 is 0. The molecule has 1 amide bonds. The topological polar surface area (TPSA) is 77.2 Å². The van der Waals surface area contributed by atoms with Crippen LogP contribution in [0.1, 0.15) is 15.9 Å². The molecule has 0 aliphatic carbocycles. The molecule has 0 radical (unpaired) electrons. The predicted molar refractivity (Wildman–Crippen MR) is 53.5 cm³/mol. The molecule has 14 heavy (non-hydrogen) atoms. The second-order valence-electron chi connectivity index (χ2n) is 3.09. The predicted octanol–water partition coefficient (Wildman–Crippen LogP) is 0.330. The highest BCUT2D eigenvalue weighted by molar-refractivity contribution is 7.89. The first kappa shape index (κ1) is 10.7. The van der Waals surface area contributed by atoms with E-state index in [9.17, 15) is 13.2 Å². The van der Waals surface area contributed by atoms with Gasteiger partial charge in [0.15, 0.2) is 9.84 Å². The highest BCUT2D eigenvalue weighted by Crippen LogP contribution is 2.11. The van der Waals surface area contributed by atoms with Gasteiger partial charge in [0.25, 0.3) is 0 Å². The maximum absolute atomic E-state index is 11.0. The Hall–Kier alpha value is -1.36. The van der Waals surface area contributed by atoms with Crippen LogP contribution >= 0.6 is 0 Å². The van der Waals surface area contributed by atoms with Crippen molar-refractivity contribution in [1.82, 2.24) is 0 Å². The quantitative estimate of drug-likeness (QED) is 0.786. The number of benzene rings is 1. The minimum absolute atomic E-state index is 0.161. The van der Waals surface area contributed by atoms with E-state index in [1.807, 2.05) is 0 Å². The first-order valence-electron chi connectivity index (χ1n) is 3.95. The molecule has 76 valence electrons. The van der Waals surface area contributed by atoms with Gasteiger partial charge in [0.05, 0.1) is 5.75 Å². The van der Waals surface area contributed by atoms with Gasteiger partial charge < -0.3 is 5.73 Å². The van der Waals surface area contributed by atoms with Gasteiger partial charge in [0, 0.05) is 11.8 Å². The maximum atomic E-state index is 11.0. The number of carbonyl (C=O) groups excluding carboxylic acids is 1. The van der Waals surface area contributed by atoms with Crippen molar-refractivity contribution >= 4 is 15.7 Å². The number of rotatable bonds is 3. The highest BCUT2D eigenvalue weighted by atomic mass is 32.2. The van der Waals surface area contributed by atoms with Crippen molar-refractivity contribution < 1.29 is 13.2 Å². The van der Waals surface area contributed by atoms with E-state index in [-0.39, 0.29) is 11.3 Å². The molecule has 0 saturated heterocycles. The SMILES string of the molecule is CS(=O)(=O)Cc1ccccc1C(N)=O. The zero-order valence-electron chi connectivity index (χ0n) is 7.73. The molecule has 0 unspecified atom stereocenters. The van der Waals surface area contributed by atoms with Crippen molar-refractivity contribution in [2.45, 2.75) is 5.75 Å². The summed E-state index contributed by atoms with van der Waals surface area (Å²) in [5.41, 5.74) is 5.81. The summed E-state index contributed by atoms with van der Waals surface area (Å²) in [4.78, 5) is 10.9. The molecule has 4 nitrogen and oxygen atoms in total. The first-order valence-corrected chi connectivity index (χ1v) is 6.01. The summed E-state index contributed by atoms with van der Waals surface area (Å²) in [6.07, 6.45) is 1.12. The van der Waals surface area contributed by atoms with Crippen LogP contribution in [0.5, 0.6) is 0 Å². The number of amides is 1. The Labute approximate surface area is 82.7 Å². The number of sulfone groups is 1. The third-order valence-corrected chi connectivity index (χ3v) is 2.54. The lowest BCUT2D eigenvalue weighted by Crippen LogP contribution is -2.15. The molecule has 0 aromatic heterocycles. The van der Waals surface area contributed by atoms with Gasteiger partial charge in [0.1, 0.15) is 0 Å². The van der Waals surface area contributed by atoms with Crippen molar-refractivity contribution in [3.05, 3.63) is 35.4 Å². The third-order valence-electron chi connectivity index (χ3n) is 1.70. The van der Waals surface area contributed by atoms with E-state index in [0.29, 0.717) is 5.56 Å². The lowest BCUT2D eigenvalue weighted by atomic mass is 10.1. The minimum atomic E-state index is -3.14. The lowest BCUT2D eigenvalue weighted by Gasteiger charge is -2.04. The second-order valence-corrected chi connectivity index (χ2v) is 5.23. The van der Waals surface area contributed by atoms with Gasteiger partial charge >= 0.3 is 0 Å². The number of nitrogens with two attached hydrogens (primary N) is 1. The molecular formula is C9H11NO3S. The van der Waals surface area contributed by atoms with Crippen molar-refractivity contribution in [3.63, 3.8) is 0 Å². The van der Waals surface area contributed by atoms with E-state index in [1.165, 1.54) is 6.07 Å².